The van der Waals surface area contributed by atoms with Gasteiger partial charge < -0.3 is 0 Å². The molecule has 0 heterocycles. The first kappa shape index (κ1) is 17.3. The predicted molar refractivity (Wildman–Crippen MR) is 100 cm³/mol. The van der Waals surface area contributed by atoms with Gasteiger partial charge in [0.05, 0.1) is 0 Å². The van der Waals surface area contributed by atoms with Crippen LogP contribution >= 0.6 is 0 Å². The molecule has 2 unspecified atom stereocenters. The number of hydrogen-bond donors (Lipinski definition) is 0. The van der Waals surface area contributed by atoms with Gasteiger partial charge in [0.2, 0.25) is 0 Å². The van der Waals surface area contributed by atoms with Crippen LogP contribution in [0.4, 0.5) is 0 Å². The number of carbonyl (C=O) groups is 2. The molecule has 1 saturated carbocycles. The first-order valence-electron chi connectivity index (χ1n) is 8.80. The van der Waals surface area contributed by atoms with Crippen LogP contribution in [0.5, 0.6) is 0 Å². The molecule has 0 spiro atoms. The highest BCUT2D eigenvalue weighted by Gasteiger charge is 2.36. The van der Waals surface area contributed by atoms with Gasteiger partial charge in [0.15, 0.2) is 0 Å². The second-order valence-electron chi connectivity index (χ2n) is 6.63. The zero-order valence-corrected chi connectivity index (χ0v) is 14.5. The summed E-state index contributed by atoms with van der Waals surface area (Å²) < 4.78 is 0. The van der Waals surface area contributed by atoms with Gasteiger partial charge in [-0.25, -0.2) is 0 Å². The van der Waals surface area contributed by atoms with E-state index in [-0.39, 0.29) is 17.5 Å². The lowest BCUT2D eigenvalue weighted by atomic mass is 9.75. The summed E-state index contributed by atoms with van der Waals surface area (Å²) in [4.78, 5) is 29.2. The number of rotatable bonds is 5. The Hall–Kier alpha value is -2.55. The molecule has 0 N–H and O–H groups in total. The van der Waals surface area contributed by atoms with Gasteiger partial charge in [-0.15, -0.1) is 0 Å². The third-order valence-corrected chi connectivity index (χ3v) is 4.79. The third kappa shape index (κ3) is 4.30. The Kier molecular flexibility index (Phi) is 5.54. The van der Waals surface area contributed by atoms with Crippen LogP contribution in [0.1, 0.15) is 36.8 Å². The Labute approximate surface area is 148 Å². The van der Waals surface area contributed by atoms with Gasteiger partial charge in [-0.1, -0.05) is 60.7 Å². The highest BCUT2D eigenvalue weighted by molar-refractivity contribution is 6.22. The molecule has 0 saturated heterocycles. The number of nitrogens with zero attached hydrogens (tertiary/aromatic N) is 1. The summed E-state index contributed by atoms with van der Waals surface area (Å²) in [6, 6.07) is 20.2. The molecule has 1 aliphatic carbocycles. The first-order chi connectivity index (χ1) is 12.1. The average molecular weight is 333 g/mol. The van der Waals surface area contributed by atoms with Crippen LogP contribution in [0.25, 0.3) is 0 Å². The van der Waals surface area contributed by atoms with Gasteiger partial charge in [0, 0.05) is 18.7 Å². The largest absolute Gasteiger partial charge is 0.299 e. The molecule has 1 fully saturated rings. The minimum absolute atomic E-state index is 0.00561. The topological polar surface area (TPSA) is 46.5 Å². The molecule has 0 aromatic heterocycles. The predicted octanol–water partition coefficient (Wildman–Crippen LogP) is 4.02. The van der Waals surface area contributed by atoms with E-state index in [1.165, 1.54) is 12.5 Å². The smallest absolute Gasteiger partial charge is 0.149 e. The van der Waals surface area contributed by atoms with E-state index in [4.69, 9.17) is 0 Å². The van der Waals surface area contributed by atoms with E-state index in [2.05, 4.69) is 17.1 Å². The average Bonchev–Trinajstić information content (AvgIpc) is 2.62. The zero-order chi connectivity index (χ0) is 17.6. The maximum Gasteiger partial charge on any atom is 0.149 e. The van der Waals surface area contributed by atoms with Crippen LogP contribution in [-0.4, -0.2) is 23.8 Å². The van der Waals surface area contributed by atoms with Crippen LogP contribution in [0.2, 0.25) is 0 Å². The number of ketones is 2. The highest BCUT2D eigenvalue weighted by Crippen LogP contribution is 2.32. The Balaban J connectivity index is 1.78. The van der Waals surface area contributed by atoms with Crippen molar-refractivity contribution in [3.05, 3.63) is 71.8 Å². The minimum Gasteiger partial charge on any atom is -0.299 e. The van der Waals surface area contributed by atoms with E-state index in [0.717, 1.165) is 17.7 Å². The molecule has 2 atom stereocenters. The van der Waals surface area contributed by atoms with Crippen molar-refractivity contribution in [2.24, 2.45) is 10.9 Å². The van der Waals surface area contributed by atoms with E-state index < -0.39 is 5.92 Å². The van der Waals surface area contributed by atoms with E-state index in [1.807, 2.05) is 48.5 Å². The Morgan fingerprint density at radius 3 is 2.28 bits per heavy atom. The molecule has 2 aromatic carbocycles. The fourth-order valence-electron chi connectivity index (χ4n) is 3.54. The van der Waals surface area contributed by atoms with E-state index >= 15 is 0 Å². The SMILES string of the molecule is CC(=O)C1C(=O)CC(c2ccccc2)CC1=NCCc1ccccc1. The quantitative estimate of drug-likeness (QED) is 0.776. The fraction of sp³-hybridized carbons (Fsp3) is 0.318. The molecule has 1 aliphatic rings. The van der Waals surface area contributed by atoms with E-state index in [0.29, 0.717) is 19.4 Å². The standard InChI is InChI=1S/C22H23NO2/c1-16(24)22-20(23-13-12-17-8-4-2-5-9-17)14-19(15-21(22)25)18-10-6-3-7-11-18/h2-11,19,22H,12-15H2,1H3. The maximum absolute atomic E-state index is 12.6. The molecule has 25 heavy (non-hydrogen) atoms. The van der Waals surface area contributed by atoms with Crippen LogP contribution < -0.4 is 0 Å². The highest BCUT2D eigenvalue weighted by atomic mass is 16.1. The van der Waals surface area contributed by atoms with Gasteiger partial charge in [-0.2, -0.15) is 0 Å². The molecule has 0 amide bonds. The Bertz CT molecular complexity index is 765. The second kappa shape index (κ2) is 8.02. The number of hydrogen-bond acceptors (Lipinski definition) is 3. The summed E-state index contributed by atoms with van der Waals surface area (Å²) in [6.45, 7) is 2.11. The van der Waals surface area contributed by atoms with E-state index in [9.17, 15) is 9.59 Å². The van der Waals surface area contributed by atoms with Gasteiger partial charge >= 0.3 is 0 Å². The fourth-order valence-corrected chi connectivity index (χ4v) is 3.54. The van der Waals surface area contributed by atoms with Crippen molar-refractivity contribution >= 4 is 17.3 Å². The molecule has 3 rings (SSSR count). The monoisotopic (exact) mass is 333 g/mol. The number of aliphatic imine (C=N–C) groups is 1. The van der Waals surface area contributed by atoms with Crippen molar-refractivity contribution in [2.45, 2.75) is 32.1 Å². The number of carbonyl (C=O) groups excluding carboxylic acids is 2. The van der Waals surface area contributed by atoms with Crippen LogP contribution in [0, 0.1) is 5.92 Å². The normalized spacial score (nSPS) is 22.1. The maximum atomic E-state index is 12.6. The Morgan fingerprint density at radius 2 is 1.64 bits per heavy atom. The molecule has 3 heteroatoms. The number of Topliss-reactive ketones (excluding diaryl/α,β-unsaturated/α-hetero) is 2. The summed E-state index contributed by atoms with van der Waals surface area (Å²) in [5.41, 5.74) is 3.12. The van der Waals surface area contributed by atoms with Gasteiger partial charge in [-0.3, -0.25) is 14.6 Å². The first-order valence-corrected chi connectivity index (χ1v) is 8.80. The molecule has 3 nitrogen and oxygen atoms in total. The molecule has 128 valence electrons. The summed E-state index contributed by atoms with van der Waals surface area (Å²) in [6.07, 6.45) is 1.93. The van der Waals surface area contributed by atoms with Crippen LogP contribution in [-0.2, 0) is 16.0 Å². The summed E-state index contributed by atoms with van der Waals surface area (Å²) in [7, 11) is 0. The van der Waals surface area contributed by atoms with Gasteiger partial charge in [0.1, 0.15) is 17.5 Å². The molecule has 0 bridgehead atoms. The Morgan fingerprint density at radius 1 is 1.00 bits per heavy atom. The molecular weight excluding hydrogens is 310 g/mol. The summed E-state index contributed by atoms with van der Waals surface area (Å²) >= 11 is 0. The van der Waals surface area contributed by atoms with Crippen LogP contribution in [0.15, 0.2) is 65.7 Å². The van der Waals surface area contributed by atoms with Crippen molar-refractivity contribution in [1.82, 2.24) is 0 Å². The second-order valence-corrected chi connectivity index (χ2v) is 6.63. The lowest BCUT2D eigenvalue weighted by molar-refractivity contribution is -0.129. The van der Waals surface area contributed by atoms with Crippen molar-refractivity contribution in [1.29, 1.82) is 0 Å². The molecular formula is C22H23NO2. The number of benzene rings is 2. The van der Waals surface area contributed by atoms with Crippen molar-refractivity contribution in [3.8, 4) is 0 Å². The molecule has 0 aliphatic heterocycles. The van der Waals surface area contributed by atoms with E-state index in [1.54, 1.807) is 0 Å². The van der Waals surface area contributed by atoms with Crippen molar-refractivity contribution in [3.63, 3.8) is 0 Å². The van der Waals surface area contributed by atoms with Crippen molar-refractivity contribution < 1.29 is 9.59 Å². The lowest BCUT2D eigenvalue weighted by Gasteiger charge is -2.28. The summed E-state index contributed by atoms with van der Waals surface area (Å²) in [5.74, 6) is -0.600. The lowest BCUT2D eigenvalue weighted by Crippen LogP contribution is -2.37. The minimum atomic E-state index is -0.643. The summed E-state index contributed by atoms with van der Waals surface area (Å²) in [5, 5.41) is 0. The van der Waals surface area contributed by atoms with Gasteiger partial charge in [0.25, 0.3) is 0 Å². The molecule has 2 aromatic rings. The van der Waals surface area contributed by atoms with Crippen LogP contribution in [0.3, 0.4) is 0 Å². The third-order valence-electron chi connectivity index (χ3n) is 4.79. The van der Waals surface area contributed by atoms with Crippen molar-refractivity contribution in [2.75, 3.05) is 6.54 Å². The molecule has 0 radical (unpaired) electrons. The zero-order valence-electron chi connectivity index (χ0n) is 14.5. The van der Waals surface area contributed by atoms with Gasteiger partial charge in [-0.05, 0) is 36.8 Å².